The highest BCUT2D eigenvalue weighted by atomic mass is 16.5. The van der Waals surface area contributed by atoms with Gasteiger partial charge >= 0.3 is 24.1 Å². The summed E-state index contributed by atoms with van der Waals surface area (Å²) in [6.07, 6.45) is 2.45. The number of aromatic carboxylic acids is 1. The van der Waals surface area contributed by atoms with Crippen molar-refractivity contribution in [1.82, 2.24) is 4.58 Å². The van der Waals surface area contributed by atoms with Crippen molar-refractivity contribution in [3.8, 4) is 33.9 Å². The lowest BCUT2D eigenvalue weighted by molar-refractivity contribution is -0.255. The number of carbonyl (C=O) groups is 5. The fourth-order valence-electron chi connectivity index (χ4n) is 7.98. The first kappa shape index (κ1) is 47.3. The Labute approximate surface area is 387 Å². The molecule has 1 aliphatic carbocycles. The average molecular weight is 928 g/mol. The van der Waals surface area contributed by atoms with E-state index in [0.717, 1.165) is 55.0 Å². The van der Waals surface area contributed by atoms with Gasteiger partial charge in [0.1, 0.15) is 68.8 Å². The number of rotatable bonds is 18. The van der Waals surface area contributed by atoms with E-state index in [1.165, 1.54) is 29.2 Å². The molecule has 4 N–H and O–H groups in total. The number of nitrogens with zero attached hydrogens (tertiary/aromatic N) is 4. The van der Waals surface area contributed by atoms with E-state index in [2.05, 4.69) is 14.8 Å². The highest BCUT2D eigenvalue weighted by Gasteiger charge is 2.25. The van der Waals surface area contributed by atoms with Gasteiger partial charge < -0.3 is 59.1 Å². The number of anilines is 4. The van der Waals surface area contributed by atoms with Gasteiger partial charge in [0.15, 0.2) is 0 Å². The number of likely N-dealkylation sites (N-methyl/N-ethyl adjacent to an activating group) is 1. The van der Waals surface area contributed by atoms with E-state index in [0.29, 0.717) is 39.1 Å². The van der Waals surface area contributed by atoms with Gasteiger partial charge in [-0.25, -0.2) is 4.58 Å². The molecule has 0 radical (unpaired) electrons. The summed E-state index contributed by atoms with van der Waals surface area (Å²) in [4.78, 5) is 82.5. The fraction of sp³-hybridized carbons (Fsp3) is 0.245. The zero-order valence-corrected chi connectivity index (χ0v) is 36.6. The molecule has 1 amide bonds. The number of carboxylic acid groups (broad SMARTS) is 4. The Morgan fingerprint density at radius 3 is 2.07 bits per heavy atom. The highest BCUT2D eigenvalue weighted by molar-refractivity contribution is 6.10. The van der Waals surface area contributed by atoms with E-state index in [9.17, 15) is 44.4 Å². The van der Waals surface area contributed by atoms with Gasteiger partial charge in [-0.1, -0.05) is 18.2 Å². The van der Waals surface area contributed by atoms with E-state index in [-0.39, 0.29) is 59.9 Å². The third-order valence-electron chi connectivity index (χ3n) is 11.4. The number of ether oxygens (including phenoxy) is 2. The zero-order valence-electron chi connectivity index (χ0n) is 36.6. The molecule has 8 rings (SSSR count). The summed E-state index contributed by atoms with van der Waals surface area (Å²) in [5.74, 6) is -4.71. The van der Waals surface area contributed by atoms with Crippen LogP contribution < -0.4 is 44.5 Å². The van der Waals surface area contributed by atoms with Crippen LogP contribution in [0.15, 0.2) is 101 Å². The molecule has 2 fully saturated rings. The van der Waals surface area contributed by atoms with Crippen molar-refractivity contribution >= 4 is 69.7 Å². The molecule has 3 heterocycles. The molecule has 0 bridgehead atoms. The smallest absolute Gasteiger partial charge is 0.373 e. The molecule has 0 atom stereocenters. The van der Waals surface area contributed by atoms with Crippen molar-refractivity contribution in [3.63, 3.8) is 0 Å². The summed E-state index contributed by atoms with van der Waals surface area (Å²) < 4.78 is 20.7. The second-order valence-electron chi connectivity index (χ2n) is 15.8. The lowest BCUT2D eigenvalue weighted by Gasteiger charge is -2.33. The Morgan fingerprint density at radius 2 is 1.44 bits per heavy atom. The predicted molar refractivity (Wildman–Crippen MR) is 244 cm³/mol. The molecule has 4 aromatic rings. The van der Waals surface area contributed by atoms with Gasteiger partial charge in [-0.2, -0.15) is 9.59 Å². The van der Waals surface area contributed by atoms with Crippen LogP contribution in [0.3, 0.4) is 0 Å². The summed E-state index contributed by atoms with van der Waals surface area (Å²) in [5, 5.41) is 45.7. The summed E-state index contributed by atoms with van der Waals surface area (Å²) in [7, 11) is 1.55. The van der Waals surface area contributed by atoms with Gasteiger partial charge in [0.2, 0.25) is 5.36 Å². The normalized spacial score (nSPS) is 12.7. The molecule has 350 valence electrons. The molecule has 19 heteroatoms. The van der Waals surface area contributed by atoms with Crippen molar-refractivity contribution < 1.29 is 67.9 Å². The van der Waals surface area contributed by atoms with Crippen LogP contribution in [0.1, 0.15) is 33.6 Å². The molecule has 19 nitrogen and oxygen atoms in total. The Bertz CT molecular complexity index is 2970. The van der Waals surface area contributed by atoms with E-state index < -0.39 is 42.9 Å². The van der Waals surface area contributed by atoms with Crippen LogP contribution >= 0.6 is 0 Å². The van der Waals surface area contributed by atoms with Crippen LogP contribution in [0, 0.1) is 0 Å². The van der Waals surface area contributed by atoms with E-state index in [4.69, 9.17) is 23.5 Å². The Morgan fingerprint density at radius 1 is 0.765 bits per heavy atom. The van der Waals surface area contributed by atoms with Crippen LogP contribution in [0.4, 0.5) is 22.7 Å². The van der Waals surface area contributed by atoms with Gasteiger partial charge in [0, 0.05) is 77.4 Å². The Kier molecular flexibility index (Phi) is 14.7. The second-order valence-corrected chi connectivity index (χ2v) is 15.8. The summed E-state index contributed by atoms with van der Waals surface area (Å²) in [6, 6.07) is 27.2. The van der Waals surface area contributed by atoms with Crippen molar-refractivity contribution in [2.75, 3.05) is 86.1 Å². The highest BCUT2D eigenvalue weighted by Crippen LogP contribution is 2.43. The van der Waals surface area contributed by atoms with Gasteiger partial charge in [0.25, 0.3) is 5.91 Å². The summed E-state index contributed by atoms with van der Waals surface area (Å²) >= 11 is 0. The molecule has 0 unspecified atom stereocenters. The number of amides is 1. The lowest BCUT2D eigenvalue weighted by atomic mass is 9.89. The minimum Gasteiger partial charge on any atom is -0.545 e. The number of aliphatic carboxylic acids is 3. The van der Waals surface area contributed by atoms with Gasteiger partial charge in [-0.05, 0) is 66.6 Å². The monoisotopic (exact) mass is 927 g/mol. The lowest BCUT2D eigenvalue weighted by Crippen LogP contribution is -2.40. The van der Waals surface area contributed by atoms with E-state index >= 15 is 0 Å². The molecule has 2 saturated heterocycles. The van der Waals surface area contributed by atoms with Crippen LogP contribution in [-0.4, -0.2) is 117 Å². The fourth-order valence-corrected chi connectivity index (χ4v) is 7.98. The maximum atomic E-state index is 13.9. The standard InChI is InChI=1S/C48H45N5O12.CO2/c1-50(26-43(54)55)37-15-9-30(23-42(37)64-21-20-63-39-7-3-2-6-38(39)53(27-44(56)57)28-45(58)59)49-47(60)29-8-12-33(36(22-29)48(61)62)46-34-13-10-31(51-16-4-17-51)24-40(34)65-41-25-32(11-14-35(41)46)52-18-5-19-52;2-1-3/h2-3,6-15,22-25H,4-5,16-21,26-28H2,1H3,(H4-,49,54,55,56,57,58,59,60,61,62);. The molecule has 3 aliphatic heterocycles. The number of nitrogens with one attached hydrogen (secondary N) is 1. The SMILES string of the molecule is CN(CC(=O)O)c1ccc(NC(=O)c2ccc(-c3c4ccc(=[N+]5CCC5)cc-4oc4cc(N5CCC5)ccc34)c(C(=O)[O-])c2)cc1OCCOc1ccccc1N(CC(=O)O)CC(=O)O.O=C=O. The van der Waals surface area contributed by atoms with Gasteiger partial charge in [-0.3, -0.25) is 19.2 Å². The number of carbonyl (C=O) groups excluding carboxylic acids is 4. The summed E-state index contributed by atoms with van der Waals surface area (Å²) in [6.45, 7) is 1.98. The molecule has 68 heavy (non-hydrogen) atoms. The van der Waals surface area contributed by atoms with E-state index in [1.54, 1.807) is 43.4 Å². The van der Waals surface area contributed by atoms with Gasteiger partial charge in [-0.15, -0.1) is 0 Å². The van der Waals surface area contributed by atoms with Crippen LogP contribution in [0.25, 0.3) is 33.4 Å². The number of hydrogen-bond donors (Lipinski definition) is 4. The summed E-state index contributed by atoms with van der Waals surface area (Å²) in [5.41, 5.74) is 3.97. The first-order valence-corrected chi connectivity index (χ1v) is 21.3. The number of benzene rings is 5. The van der Waals surface area contributed by atoms with Crippen molar-refractivity contribution in [2.45, 2.75) is 12.8 Å². The maximum absolute atomic E-state index is 13.9. The van der Waals surface area contributed by atoms with Crippen LogP contribution in [0.5, 0.6) is 11.5 Å². The Hall–Kier alpha value is -8.70. The van der Waals surface area contributed by atoms with E-state index in [1.807, 2.05) is 36.4 Å². The van der Waals surface area contributed by atoms with Crippen molar-refractivity contribution in [2.24, 2.45) is 0 Å². The van der Waals surface area contributed by atoms with Crippen molar-refractivity contribution in [1.29, 1.82) is 0 Å². The first-order valence-electron chi connectivity index (χ1n) is 21.3. The predicted octanol–water partition coefficient (Wildman–Crippen LogP) is 3.58. The molecule has 4 aromatic carbocycles. The largest absolute Gasteiger partial charge is 0.545 e. The molecule has 4 aliphatic rings. The molecular weight excluding hydrogens is 883 g/mol. The first-order chi connectivity index (χ1) is 32.7. The van der Waals surface area contributed by atoms with Gasteiger partial charge in [0.05, 0.1) is 29.8 Å². The van der Waals surface area contributed by atoms with Crippen LogP contribution in [0.2, 0.25) is 0 Å². The number of hydrogen-bond acceptors (Lipinski definition) is 14. The minimum atomic E-state index is -1.48. The number of fused-ring (bicyclic) bond motifs is 2. The quantitative estimate of drug-likeness (QED) is 0.0546. The molecular formula is C49H45N5O14. The second kappa shape index (κ2) is 21.1. The average Bonchev–Trinajstić information content (AvgIpc) is 3.25. The molecule has 0 spiro atoms. The third kappa shape index (κ3) is 10.9. The minimum absolute atomic E-state index is 0.0313. The molecule has 0 aromatic heterocycles. The van der Waals surface area contributed by atoms with Crippen molar-refractivity contribution in [3.05, 3.63) is 114 Å². The topological polar surface area (TPSA) is 260 Å². The number of para-hydroxylation sites is 2. The third-order valence-corrected chi connectivity index (χ3v) is 11.4. The number of carboxylic acids is 4. The van der Waals surface area contributed by atoms with Crippen LogP contribution in [-0.2, 0) is 24.0 Å². The molecule has 0 saturated carbocycles. The Balaban J connectivity index is 0.00000222. The maximum Gasteiger partial charge on any atom is 0.373 e. The zero-order chi connectivity index (χ0) is 48.5.